The van der Waals surface area contributed by atoms with E-state index in [9.17, 15) is 0 Å². The van der Waals surface area contributed by atoms with Gasteiger partial charge in [-0.2, -0.15) is 0 Å². The highest BCUT2D eigenvalue weighted by Crippen LogP contribution is 2.36. The average Bonchev–Trinajstić information content (AvgIpc) is 3.03. The van der Waals surface area contributed by atoms with Crippen molar-refractivity contribution in [3.8, 4) is 0 Å². The standard InChI is InChI=1S/C13H24N2O/c1-13(4-5-14-9-13)10-15-6-7-16-12(8-15)11-2-3-11/h11-12,14H,2-10H2,1H3. The quantitative estimate of drug-likeness (QED) is 0.777. The van der Waals surface area contributed by atoms with Crippen molar-refractivity contribution in [2.45, 2.75) is 32.3 Å². The van der Waals surface area contributed by atoms with Gasteiger partial charge in [0.1, 0.15) is 0 Å². The molecule has 3 rings (SSSR count). The molecule has 1 N–H and O–H groups in total. The van der Waals surface area contributed by atoms with E-state index in [1.54, 1.807) is 0 Å². The second-order valence-electron chi connectivity index (χ2n) is 6.22. The summed E-state index contributed by atoms with van der Waals surface area (Å²) >= 11 is 0. The van der Waals surface area contributed by atoms with Crippen molar-refractivity contribution in [2.75, 3.05) is 39.3 Å². The van der Waals surface area contributed by atoms with Gasteiger partial charge < -0.3 is 10.1 Å². The first-order valence-corrected chi connectivity index (χ1v) is 6.80. The Morgan fingerprint density at radius 1 is 1.44 bits per heavy atom. The van der Waals surface area contributed by atoms with Gasteiger partial charge in [-0.25, -0.2) is 0 Å². The molecule has 0 aromatic carbocycles. The Kier molecular flexibility index (Phi) is 2.94. The van der Waals surface area contributed by atoms with Crippen LogP contribution in [0.1, 0.15) is 26.2 Å². The van der Waals surface area contributed by atoms with E-state index in [0.717, 1.165) is 19.1 Å². The van der Waals surface area contributed by atoms with E-state index in [0.29, 0.717) is 11.5 Å². The van der Waals surface area contributed by atoms with Gasteiger partial charge in [0.2, 0.25) is 0 Å². The molecule has 2 atom stereocenters. The van der Waals surface area contributed by atoms with Crippen LogP contribution in [0.2, 0.25) is 0 Å². The largest absolute Gasteiger partial charge is 0.375 e. The lowest BCUT2D eigenvalue weighted by atomic mass is 9.89. The van der Waals surface area contributed by atoms with Gasteiger partial charge in [0.25, 0.3) is 0 Å². The zero-order valence-corrected chi connectivity index (χ0v) is 10.4. The molecule has 3 nitrogen and oxygen atoms in total. The van der Waals surface area contributed by atoms with E-state index in [1.807, 2.05) is 0 Å². The maximum absolute atomic E-state index is 5.87. The summed E-state index contributed by atoms with van der Waals surface area (Å²) in [5.74, 6) is 0.886. The normalized spacial score (nSPS) is 41.4. The Morgan fingerprint density at radius 2 is 2.31 bits per heavy atom. The maximum Gasteiger partial charge on any atom is 0.0730 e. The third kappa shape index (κ3) is 2.41. The number of nitrogens with one attached hydrogen (secondary N) is 1. The zero-order chi connectivity index (χ0) is 11.0. The summed E-state index contributed by atoms with van der Waals surface area (Å²) in [4.78, 5) is 2.64. The molecule has 2 unspecified atom stereocenters. The number of rotatable bonds is 3. The molecular formula is C13H24N2O. The van der Waals surface area contributed by atoms with Crippen molar-refractivity contribution in [1.29, 1.82) is 0 Å². The molecule has 0 spiro atoms. The summed E-state index contributed by atoms with van der Waals surface area (Å²) in [5.41, 5.74) is 0.505. The Hall–Kier alpha value is -0.120. The first-order chi connectivity index (χ1) is 7.75. The smallest absolute Gasteiger partial charge is 0.0730 e. The van der Waals surface area contributed by atoms with Crippen LogP contribution in [-0.2, 0) is 4.74 Å². The number of ether oxygens (including phenoxy) is 1. The zero-order valence-electron chi connectivity index (χ0n) is 10.4. The fourth-order valence-corrected chi connectivity index (χ4v) is 3.17. The first-order valence-electron chi connectivity index (χ1n) is 6.80. The number of nitrogens with zero attached hydrogens (tertiary/aromatic N) is 1. The van der Waals surface area contributed by atoms with Crippen LogP contribution in [0.4, 0.5) is 0 Å². The van der Waals surface area contributed by atoms with Crippen molar-refractivity contribution in [1.82, 2.24) is 10.2 Å². The number of morpholine rings is 1. The minimum Gasteiger partial charge on any atom is -0.375 e. The first kappa shape index (κ1) is 11.0. The molecule has 0 aromatic rings. The van der Waals surface area contributed by atoms with E-state index in [-0.39, 0.29) is 0 Å². The van der Waals surface area contributed by atoms with Crippen LogP contribution in [0, 0.1) is 11.3 Å². The molecule has 16 heavy (non-hydrogen) atoms. The lowest BCUT2D eigenvalue weighted by molar-refractivity contribution is -0.0482. The summed E-state index contributed by atoms with van der Waals surface area (Å²) in [6.07, 6.45) is 4.68. The van der Waals surface area contributed by atoms with E-state index in [1.165, 1.54) is 45.4 Å². The predicted molar refractivity (Wildman–Crippen MR) is 64.5 cm³/mol. The van der Waals surface area contributed by atoms with Gasteiger partial charge in [-0.15, -0.1) is 0 Å². The molecule has 3 fully saturated rings. The monoisotopic (exact) mass is 224 g/mol. The van der Waals surface area contributed by atoms with Crippen molar-refractivity contribution in [3.05, 3.63) is 0 Å². The molecular weight excluding hydrogens is 200 g/mol. The summed E-state index contributed by atoms with van der Waals surface area (Å²) in [6.45, 7) is 9.34. The van der Waals surface area contributed by atoms with Gasteiger partial charge in [0.05, 0.1) is 12.7 Å². The topological polar surface area (TPSA) is 24.5 Å². The molecule has 1 aliphatic carbocycles. The number of hydrogen-bond donors (Lipinski definition) is 1. The van der Waals surface area contributed by atoms with Gasteiger partial charge in [-0.3, -0.25) is 4.90 Å². The van der Waals surface area contributed by atoms with Crippen molar-refractivity contribution in [3.63, 3.8) is 0 Å². The molecule has 0 bridgehead atoms. The summed E-state index contributed by atoms with van der Waals surface area (Å²) in [6, 6.07) is 0. The summed E-state index contributed by atoms with van der Waals surface area (Å²) in [7, 11) is 0. The van der Waals surface area contributed by atoms with Crippen LogP contribution < -0.4 is 5.32 Å². The number of hydrogen-bond acceptors (Lipinski definition) is 3. The maximum atomic E-state index is 5.87. The van der Waals surface area contributed by atoms with Crippen molar-refractivity contribution < 1.29 is 4.74 Å². The third-order valence-corrected chi connectivity index (χ3v) is 4.39. The highest BCUT2D eigenvalue weighted by molar-refractivity contribution is 4.91. The van der Waals surface area contributed by atoms with Gasteiger partial charge in [-0.1, -0.05) is 6.92 Å². The Labute approximate surface area is 98.5 Å². The Balaban J connectivity index is 1.53. The third-order valence-electron chi connectivity index (χ3n) is 4.39. The molecule has 2 saturated heterocycles. The second-order valence-corrected chi connectivity index (χ2v) is 6.22. The highest BCUT2D eigenvalue weighted by atomic mass is 16.5. The van der Waals surface area contributed by atoms with Gasteiger partial charge in [-0.05, 0) is 37.1 Å². The molecule has 0 radical (unpaired) electrons. The highest BCUT2D eigenvalue weighted by Gasteiger charge is 2.37. The van der Waals surface area contributed by atoms with Crippen LogP contribution in [-0.4, -0.2) is 50.3 Å². The lowest BCUT2D eigenvalue weighted by Crippen LogP contribution is -2.47. The molecule has 92 valence electrons. The molecule has 2 aliphatic heterocycles. The van der Waals surface area contributed by atoms with Crippen LogP contribution in [0.3, 0.4) is 0 Å². The van der Waals surface area contributed by atoms with Crippen LogP contribution in [0.25, 0.3) is 0 Å². The minimum absolute atomic E-state index is 0.505. The van der Waals surface area contributed by atoms with E-state index < -0.39 is 0 Å². The molecule has 2 heterocycles. The van der Waals surface area contributed by atoms with Crippen LogP contribution >= 0.6 is 0 Å². The van der Waals surface area contributed by atoms with Crippen LogP contribution in [0.15, 0.2) is 0 Å². The van der Waals surface area contributed by atoms with Crippen molar-refractivity contribution in [2.24, 2.45) is 11.3 Å². The van der Waals surface area contributed by atoms with Gasteiger partial charge in [0.15, 0.2) is 0 Å². The molecule has 1 saturated carbocycles. The fraction of sp³-hybridized carbons (Fsp3) is 1.00. The van der Waals surface area contributed by atoms with Gasteiger partial charge in [0, 0.05) is 26.2 Å². The summed E-state index contributed by atoms with van der Waals surface area (Å²) in [5, 5.41) is 3.49. The predicted octanol–water partition coefficient (Wildman–Crippen LogP) is 1.10. The lowest BCUT2D eigenvalue weighted by Gasteiger charge is -2.37. The SMILES string of the molecule is CC1(CN2CCOC(C3CC3)C2)CCNC1. The van der Waals surface area contributed by atoms with Gasteiger partial charge >= 0.3 is 0 Å². The van der Waals surface area contributed by atoms with E-state index in [2.05, 4.69) is 17.1 Å². The van der Waals surface area contributed by atoms with E-state index in [4.69, 9.17) is 4.74 Å². The second kappa shape index (κ2) is 4.28. The fourth-order valence-electron chi connectivity index (χ4n) is 3.17. The van der Waals surface area contributed by atoms with Crippen LogP contribution in [0.5, 0.6) is 0 Å². The average molecular weight is 224 g/mol. The Bertz CT molecular complexity index is 246. The molecule has 3 heteroatoms. The van der Waals surface area contributed by atoms with E-state index >= 15 is 0 Å². The molecule has 0 amide bonds. The molecule has 3 aliphatic rings. The summed E-state index contributed by atoms with van der Waals surface area (Å²) < 4.78 is 5.87. The minimum atomic E-state index is 0.505. The molecule has 0 aromatic heterocycles. The Morgan fingerprint density at radius 3 is 3.00 bits per heavy atom. The van der Waals surface area contributed by atoms with Crippen molar-refractivity contribution >= 4 is 0 Å².